The first kappa shape index (κ1) is 31.9. The summed E-state index contributed by atoms with van der Waals surface area (Å²) in [6.45, 7) is 7.25. The first-order chi connectivity index (χ1) is 17.9. The van der Waals surface area contributed by atoms with Crippen LogP contribution in [0.4, 0.5) is 13.2 Å². The lowest BCUT2D eigenvalue weighted by Crippen LogP contribution is -2.25. The lowest BCUT2D eigenvalue weighted by Gasteiger charge is -2.24. The molecule has 0 bridgehead atoms. The average molecular weight is 543 g/mol. The minimum absolute atomic E-state index is 0.0186. The molecule has 1 saturated carbocycles. The zero-order chi connectivity index (χ0) is 28.3. The number of benzene rings is 1. The smallest absolute Gasteiger partial charge is 0.416 e. The van der Waals surface area contributed by atoms with E-state index in [1.54, 1.807) is 6.08 Å². The Bertz CT molecular complexity index is 912. The summed E-state index contributed by atoms with van der Waals surface area (Å²) >= 11 is 0. The minimum Gasteiger partial charge on any atom is -0.491 e. The lowest BCUT2D eigenvalue weighted by molar-refractivity contribution is -0.147. The maximum Gasteiger partial charge on any atom is 0.416 e. The highest BCUT2D eigenvalue weighted by atomic mass is 19.4. The molecule has 38 heavy (non-hydrogen) atoms. The molecule has 0 saturated heterocycles. The summed E-state index contributed by atoms with van der Waals surface area (Å²) < 4.78 is 55.2. The Balaban J connectivity index is 1.94. The topological polar surface area (TPSA) is 85.2 Å². The van der Waals surface area contributed by atoms with E-state index in [1.165, 1.54) is 12.1 Å². The van der Waals surface area contributed by atoms with Crippen molar-refractivity contribution in [3.8, 4) is 5.75 Å². The fraction of sp³-hybridized carbons (Fsp3) is 0.621. The first-order valence-electron chi connectivity index (χ1n) is 13.2. The van der Waals surface area contributed by atoms with Crippen molar-refractivity contribution in [1.29, 1.82) is 0 Å². The van der Waals surface area contributed by atoms with Gasteiger partial charge in [0.15, 0.2) is 0 Å². The monoisotopic (exact) mass is 542 g/mol. The SMILES string of the molecule is CC(C)OC(=O)CCC/C=C\C[C@H]1C(O)C[C@@H](OC(C)C)[C@@H]1/C=C/[C@@H](O)COc1cccc(C(F)(F)F)c1. The summed E-state index contributed by atoms with van der Waals surface area (Å²) in [7, 11) is 0. The zero-order valence-corrected chi connectivity index (χ0v) is 22.6. The molecule has 2 N–H and O–H groups in total. The average Bonchev–Trinajstić information content (AvgIpc) is 3.10. The van der Waals surface area contributed by atoms with E-state index in [4.69, 9.17) is 14.2 Å². The number of aliphatic hydroxyl groups is 2. The predicted octanol–water partition coefficient (Wildman–Crippen LogP) is 5.86. The molecular weight excluding hydrogens is 501 g/mol. The van der Waals surface area contributed by atoms with Crippen LogP contribution in [-0.4, -0.2) is 53.3 Å². The first-order valence-corrected chi connectivity index (χ1v) is 13.2. The highest BCUT2D eigenvalue weighted by Gasteiger charge is 2.41. The van der Waals surface area contributed by atoms with Crippen molar-refractivity contribution in [3.63, 3.8) is 0 Å². The molecule has 1 aromatic rings. The van der Waals surface area contributed by atoms with E-state index < -0.39 is 23.9 Å². The summed E-state index contributed by atoms with van der Waals surface area (Å²) in [6.07, 6.45) is 3.63. The molecule has 2 rings (SSSR count). The van der Waals surface area contributed by atoms with E-state index in [9.17, 15) is 28.2 Å². The molecule has 0 aliphatic heterocycles. The molecule has 9 heteroatoms. The molecule has 214 valence electrons. The van der Waals surface area contributed by atoms with E-state index >= 15 is 0 Å². The van der Waals surface area contributed by atoms with Crippen LogP contribution in [0.5, 0.6) is 5.75 Å². The molecule has 1 aromatic carbocycles. The van der Waals surface area contributed by atoms with Gasteiger partial charge in [-0.15, -0.1) is 0 Å². The second-order valence-corrected chi connectivity index (χ2v) is 10.2. The van der Waals surface area contributed by atoms with Gasteiger partial charge in [-0.25, -0.2) is 0 Å². The summed E-state index contributed by atoms with van der Waals surface area (Å²) in [6, 6.07) is 4.51. The van der Waals surface area contributed by atoms with Gasteiger partial charge >= 0.3 is 12.1 Å². The molecular formula is C29H41F3O6. The maximum absolute atomic E-state index is 12.9. The Morgan fingerprint density at radius 3 is 2.55 bits per heavy atom. The number of hydrogen-bond donors (Lipinski definition) is 2. The fourth-order valence-corrected chi connectivity index (χ4v) is 4.49. The van der Waals surface area contributed by atoms with Gasteiger partial charge in [0.25, 0.3) is 0 Å². The maximum atomic E-state index is 12.9. The standard InChI is InChI=1S/C29H41F3O6/c1-19(2)37-27-17-26(34)24(12-7-5-6-8-13-28(35)38-20(3)4)25(27)15-14-22(33)18-36-23-11-9-10-21(16-23)29(30,31)32/h5,7,9-11,14-16,19-20,22,24-27,33-34H,6,8,12-13,17-18H2,1-4H3/b7-5-,15-14+/t22-,24-,25-,26?,27-/m1/s1. The van der Waals surface area contributed by atoms with Gasteiger partial charge in [-0.3, -0.25) is 4.79 Å². The van der Waals surface area contributed by atoms with Crippen molar-refractivity contribution in [2.75, 3.05) is 6.61 Å². The highest BCUT2D eigenvalue weighted by Crippen LogP contribution is 2.39. The number of alkyl halides is 3. The van der Waals surface area contributed by atoms with Crippen molar-refractivity contribution in [1.82, 2.24) is 0 Å². The summed E-state index contributed by atoms with van der Waals surface area (Å²) in [5.41, 5.74) is -0.819. The molecule has 1 unspecified atom stereocenters. The second kappa shape index (κ2) is 15.3. The minimum atomic E-state index is -4.48. The molecule has 0 amide bonds. The van der Waals surface area contributed by atoms with Gasteiger partial charge in [-0.2, -0.15) is 13.2 Å². The molecule has 0 spiro atoms. The van der Waals surface area contributed by atoms with Gasteiger partial charge in [-0.05, 0) is 71.1 Å². The number of allylic oxidation sites excluding steroid dienone is 2. The largest absolute Gasteiger partial charge is 0.491 e. The Kier molecular flexibility index (Phi) is 12.8. The Morgan fingerprint density at radius 2 is 1.89 bits per heavy atom. The van der Waals surface area contributed by atoms with Gasteiger partial charge in [0.1, 0.15) is 18.5 Å². The van der Waals surface area contributed by atoms with E-state index in [0.29, 0.717) is 32.1 Å². The molecule has 5 atom stereocenters. The van der Waals surface area contributed by atoms with Crippen LogP contribution in [-0.2, 0) is 20.4 Å². The number of hydrogen-bond acceptors (Lipinski definition) is 6. The molecule has 1 aliphatic rings. The van der Waals surface area contributed by atoms with E-state index in [2.05, 4.69) is 0 Å². The van der Waals surface area contributed by atoms with Gasteiger partial charge in [0.05, 0.1) is 30.0 Å². The predicted molar refractivity (Wildman–Crippen MR) is 139 cm³/mol. The van der Waals surface area contributed by atoms with Gasteiger partial charge in [0.2, 0.25) is 0 Å². The molecule has 6 nitrogen and oxygen atoms in total. The third-order valence-electron chi connectivity index (χ3n) is 6.17. The molecule has 0 aromatic heterocycles. The third-order valence-corrected chi connectivity index (χ3v) is 6.17. The summed E-state index contributed by atoms with van der Waals surface area (Å²) in [5.74, 6) is -0.492. The molecule has 1 fully saturated rings. The molecule has 0 radical (unpaired) electrons. The fourth-order valence-electron chi connectivity index (χ4n) is 4.49. The van der Waals surface area contributed by atoms with Crippen molar-refractivity contribution in [2.24, 2.45) is 11.8 Å². The van der Waals surface area contributed by atoms with Crippen molar-refractivity contribution in [2.45, 2.75) is 96.5 Å². The number of esters is 1. The van der Waals surface area contributed by atoms with E-state index in [-0.39, 0.29) is 48.5 Å². The lowest BCUT2D eigenvalue weighted by atomic mass is 9.89. The normalized spacial score (nSPS) is 23.1. The number of aliphatic hydroxyl groups excluding tert-OH is 2. The number of unbranched alkanes of at least 4 members (excludes halogenated alkanes) is 1. The highest BCUT2D eigenvalue weighted by molar-refractivity contribution is 5.69. The van der Waals surface area contributed by atoms with E-state index in [0.717, 1.165) is 12.1 Å². The van der Waals surface area contributed by atoms with Crippen molar-refractivity contribution in [3.05, 3.63) is 54.1 Å². The quantitative estimate of drug-likeness (QED) is 0.174. The molecule has 1 aliphatic carbocycles. The Hall–Kier alpha value is -2.36. The number of rotatable bonds is 14. The van der Waals surface area contributed by atoms with Crippen LogP contribution in [0.1, 0.15) is 65.4 Å². The summed E-state index contributed by atoms with van der Waals surface area (Å²) in [5, 5.41) is 21.1. The van der Waals surface area contributed by atoms with E-state index in [1.807, 2.05) is 45.9 Å². The zero-order valence-electron chi connectivity index (χ0n) is 22.6. The number of carbonyl (C=O) groups is 1. The van der Waals surface area contributed by atoms with Crippen LogP contribution in [0.3, 0.4) is 0 Å². The summed E-state index contributed by atoms with van der Waals surface area (Å²) in [4.78, 5) is 11.6. The van der Waals surface area contributed by atoms with Crippen LogP contribution in [0.2, 0.25) is 0 Å². The van der Waals surface area contributed by atoms with Crippen LogP contribution in [0.15, 0.2) is 48.6 Å². The number of halogens is 3. The van der Waals surface area contributed by atoms with Crippen LogP contribution < -0.4 is 4.74 Å². The van der Waals surface area contributed by atoms with Crippen LogP contribution in [0, 0.1) is 11.8 Å². The number of carbonyl (C=O) groups excluding carboxylic acids is 1. The van der Waals surface area contributed by atoms with Gasteiger partial charge < -0.3 is 24.4 Å². The Morgan fingerprint density at radius 1 is 1.16 bits per heavy atom. The van der Waals surface area contributed by atoms with Gasteiger partial charge in [0, 0.05) is 18.8 Å². The number of ether oxygens (including phenoxy) is 3. The van der Waals surface area contributed by atoms with Crippen molar-refractivity contribution >= 4 is 5.97 Å². The second-order valence-electron chi connectivity index (χ2n) is 10.2. The third kappa shape index (κ3) is 11.2. The van der Waals surface area contributed by atoms with Gasteiger partial charge in [-0.1, -0.05) is 30.4 Å². The Labute approximate surface area is 223 Å². The van der Waals surface area contributed by atoms with Crippen LogP contribution >= 0.6 is 0 Å². The van der Waals surface area contributed by atoms with Crippen molar-refractivity contribution < 1.29 is 42.4 Å². The molecule has 0 heterocycles. The van der Waals surface area contributed by atoms with Crippen LogP contribution in [0.25, 0.3) is 0 Å².